The van der Waals surface area contributed by atoms with E-state index in [0.29, 0.717) is 24.3 Å². The van der Waals surface area contributed by atoms with E-state index in [2.05, 4.69) is 15.0 Å². The predicted octanol–water partition coefficient (Wildman–Crippen LogP) is 4.58. The minimum atomic E-state index is -3.64. The Kier molecular flexibility index (Phi) is 6.75. The molecule has 0 fully saturated rings. The molecule has 2 heterocycles. The molecule has 1 amide bonds. The van der Waals surface area contributed by atoms with Gasteiger partial charge in [-0.15, -0.1) is 11.3 Å². The van der Waals surface area contributed by atoms with Crippen LogP contribution in [0.3, 0.4) is 0 Å². The lowest BCUT2D eigenvalue weighted by atomic mass is 10.1. The fourth-order valence-electron chi connectivity index (χ4n) is 3.09. The number of hydrogen-bond donors (Lipinski definition) is 2. The molecule has 4 rings (SSSR count). The van der Waals surface area contributed by atoms with Gasteiger partial charge in [-0.2, -0.15) is 0 Å². The number of carbonyl (C=O) groups is 1. The smallest absolute Gasteiger partial charge is 0.256 e. The van der Waals surface area contributed by atoms with Gasteiger partial charge in [-0.1, -0.05) is 36.4 Å². The van der Waals surface area contributed by atoms with Crippen molar-refractivity contribution in [1.29, 1.82) is 0 Å². The molecule has 2 aromatic heterocycles. The first-order valence-electron chi connectivity index (χ1n) is 9.96. The van der Waals surface area contributed by atoms with Crippen molar-refractivity contribution < 1.29 is 13.2 Å². The predicted molar refractivity (Wildman–Crippen MR) is 127 cm³/mol. The van der Waals surface area contributed by atoms with Gasteiger partial charge in [0.15, 0.2) is 0 Å². The lowest BCUT2D eigenvalue weighted by molar-refractivity contribution is 0.102. The molecule has 0 saturated carbocycles. The van der Waals surface area contributed by atoms with E-state index in [-0.39, 0.29) is 10.8 Å². The van der Waals surface area contributed by atoms with Crippen molar-refractivity contribution >= 4 is 33.1 Å². The van der Waals surface area contributed by atoms with Gasteiger partial charge in [0.1, 0.15) is 5.82 Å². The quantitative estimate of drug-likeness (QED) is 0.400. The van der Waals surface area contributed by atoms with E-state index in [1.54, 1.807) is 23.6 Å². The van der Waals surface area contributed by atoms with Crippen molar-refractivity contribution in [3.63, 3.8) is 0 Å². The highest BCUT2D eigenvalue weighted by Crippen LogP contribution is 2.19. The van der Waals surface area contributed by atoms with Gasteiger partial charge >= 0.3 is 0 Å². The number of hydrogen-bond acceptors (Lipinski definition) is 5. The number of nitrogens with one attached hydrogen (secondary N) is 2. The third-order valence-corrected chi connectivity index (χ3v) is 7.20. The van der Waals surface area contributed by atoms with Gasteiger partial charge in [0.2, 0.25) is 10.0 Å². The minimum Gasteiger partial charge on any atom is -0.307 e. The number of pyridine rings is 1. The second-order valence-electron chi connectivity index (χ2n) is 7.00. The van der Waals surface area contributed by atoms with Crippen LogP contribution >= 0.6 is 11.3 Å². The van der Waals surface area contributed by atoms with Crippen LogP contribution in [0.5, 0.6) is 0 Å². The van der Waals surface area contributed by atoms with Crippen LogP contribution in [0.4, 0.5) is 5.82 Å². The number of aromatic nitrogens is 1. The molecule has 6 nitrogen and oxygen atoms in total. The highest BCUT2D eigenvalue weighted by molar-refractivity contribution is 7.89. The van der Waals surface area contributed by atoms with Gasteiger partial charge in [-0.05, 0) is 59.8 Å². The summed E-state index contributed by atoms with van der Waals surface area (Å²) in [6.45, 7) is 0.315. The first-order valence-corrected chi connectivity index (χ1v) is 12.3. The normalized spacial score (nSPS) is 11.2. The fraction of sp³-hybridized carbons (Fsp3) is 0.0833. The highest BCUT2D eigenvalue weighted by atomic mass is 32.2. The molecular formula is C24H21N3O3S2. The molecule has 32 heavy (non-hydrogen) atoms. The van der Waals surface area contributed by atoms with E-state index in [4.69, 9.17) is 0 Å². The van der Waals surface area contributed by atoms with E-state index < -0.39 is 10.0 Å². The Morgan fingerprint density at radius 3 is 2.31 bits per heavy atom. The van der Waals surface area contributed by atoms with Crippen molar-refractivity contribution in [2.24, 2.45) is 0 Å². The Hall–Kier alpha value is -3.33. The SMILES string of the molecule is O=C(Nc1ccc(-c2ccccc2)cn1)c1ccc(S(=O)(=O)NCCc2cccs2)cc1. The maximum absolute atomic E-state index is 12.5. The zero-order chi connectivity index (χ0) is 22.4. The monoisotopic (exact) mass is 463 g/mol. The molecule has 0 unspecified atom stereocenters. The molecule has 0 radical (unpaired) electrons. The van der Waals surface area contributed by atoms with Gasteiger partial charge in [0.05, 0.1) is 4.90 Å². The maximum atomic E-state index is 12.5. The van der Waals surface area contributed by atoms with Crippen LogP contribution in [-0.2, 0) is 16.4 Å². The molecule has 8 heteroatoms. The summed E-state index contributed by atoms with van der Waals surface area (Å²) in [6.07, 6.45) is 2.33. The van der Waals surface area contributed by atoms with Crippen molar-refractivity contribution in [2.45, 2.75) is 11.3 Å². The Morgan fingerprint density at radius 1 is 0.875 bits per heavy atom. The molecule has 4 aromatic rings. The third-order valence-electron chi connectivity index (χ3n) is 4.78. The summed E-state index contributed by atoms with van der Waals surface area (Å²) >= 11 is 1.59. The number of sulfonamides is 1. The Morgan fingerprint density at radius 2 is 1.66 bits per heavy atom. The first kappa shape index (κ1) is 21.9. The summed E-state index contributed by atoms with van der Waals surface area (Å²) in [7, 11) is -3.64. The molecule has 0 aliphatic heterocycles. The molecule has 0 bridgehead atoms. The standard InChI is InChI=1S/C24H21N3O3S2/c28-24(27-23-13-10-20(17-25-23)18-5-2-1-3-6-18)19-8-11-22(12-9-19)32(29,30)26-15-14-21-7-4-16-31-21/h1-13,16-17,26H,14-15H2,(H,25,27,28). The molecule has 2 N–H and O–H groups in total. The number of nitrogens with zero attached hydrogens (tertiary/aromatic N) is 1. The van der Waals surface area contributed by atoms with E-state index >= 15 is 0 Å². The van der Waals surface area contributed by atoms with Crippen molar-refractivity contribution in [1.82, 2.24) is 9.71 Å². The summed E-state index contributed by atoms with van der Waals surface area (Å²) in [5.41, 5.74) is 2.33. The lowest BCUT2D eigenvalue weighted by Gasteiger charge is -2.08. The van der Waals surface area contributed by atoms with Crippen LogP contribution in [0.1, 0.15) is 15.2 Å². The Bertz CT molecular complexity index is 1270. The first-order chi connectivity index (χ1) is 15.5. The number of rotatable bonds is 8. The van der Waals surface area contributed by atoms with Gasteiger partial charge in [0, 0.05) is 28.7 Å². The number of carbonyl (C=O) groups excluding carboxylic acids is 1. The third kappa shape index (κ3) is 5.47. The minimum absolute atomic E-state index is 0.116. The second kappa shape index (κ2) is 9.86. The van der Waals surface area contributed by atoms with Crippen LogP contribution < -0.4 is 10.0 Å². The number of benzene rings is 2. The molecular weight excluding hydrogens is 442 g/mol. The summed E-state index contributed by atoms with van der Waals surface area (Å²) < 4.78 is 27.5. The van der Waals surface area contributed by atoms with Gasteiger partial charge in [-0.3, -0.25) is 4.79 Å². The van der Waals surface area contributed by atoms with Crippen LogP contribution in [-0.4, -0.2) is 25.9 Å². The van der Waals surface area contributed by atoms with E-state index in [0.717, 1.165) is 16.0 Å². The summed E-state index contributed by atoms with van der Waals surface area (Å²) in [5, 5.41) is 4.69. The van der Waals surface area contributed by atoms with E-state index in [1.807, 2.05) is 53.9 Å². The lowest BCUT2D eigenvalue weighted by Crippen LogP contribution is -2.26. The molecule has 162 valence electrons. The Labute approximate surface area is 191 Å². The van der Waals surface area contributed by atoms with E-state index in [9.17, 15) is 13.2 Å². The van der Waals surface area contributed by atoms with Crippen LogP contribution in [0.25, 0.3) is 11.1 Å². The Balaban J connectivity index is 1.36. The maximum Gasteiger partial charge on any atom is 0.256 e. The fourth-order valence-corrected chi connectivity index (χ4v) is 4.83. The molecule has 0 aliphatic rings. The van der Waals surface area contributed by atoms with Gasteiger partial charge < -0.3 is 5.32 Å². The number of amides is 1. The molecule has 0 atom stereocenters. The van der Waals surface area contributed by atoms with Gasteiger partial charge in [0.25, 0.3) is 5.91 Å². The van der Waals surface area contributed by atoms with E-state index in [1.165, 1.54) is 24.3 Å². The molecule has 0 saturated heterocycles. The zero-order valence-corrected chi connectivity index (χ0v) is 18.7. The summed E-state index contributed by atoms with van der Waals surface area (Å²) in [4.78, 5) is 18.0. The zero-order valence-electron chi connectivity index (χ0n) is 17.1. The second-order valence-corrected chi connectivity index (χ2v) is 9.80. The number of anilines is 1. The van der Waals surface area contributed by atoms with Gasteiger partial charge in [-0.25, -0.2) is 18.1 Å². The van der Waals surface area contributed by atoms with Crippen molar-refractivity contribution in [3.8, 4) is 11.1 Å². The molecule has 2 aromatic carbocycles. The van der Waals surface area contributed by atoms with Crippen molar-refractivity contribution in [3.05, 3.63) is 101 Å². The summed E-state index contributed by atoms with van der Waals surface area (Å²) in [5.74, 6) is 0.0567. The van der Waals surface area contributed by atoms with Crippen molar-refractivity contribution in [2.75, 3.05) is 11.9 Å². The van der Waals surface area contributed by atoms with Crippen LogP contribution in [0.2, 0.25) is 0 Å². The average Bonchev–Trinajstić information content (AvgIpc) is 3.34. The average molecular weight is 464 g/mol. The highest BCUT2D eigenvalue weighted by Gasteiger charge is 2.15. The summed E-state index contributed by atoms with van der Waals surface area (Å²) in [6, 6.07) is 23.2. The van der Waals surface area contributed by atoms with Crippen LogP contribution in [0, 0.1) is 0 Å². The molecule has 0 spiro atoms. The van der Waals surface area contributed by atoms with Crippen LogP contribution in [0.15, 0.2) is 95.3 Å². The number of thiophene rings is 1. The topological polar surface area (TPSA) is 88.2 Å². The largest absolute Gasteiger partial charge is 0.307 e. The molecule has 0 aliphatic carbocycles.